The fourth-order valence-corrected chi connectivity index (χ4v) is 2.85. The molecule has 0 spiro atoms. The van der Waals surface area contributed by atoms with E-state index in [-0.39, 0.29) is 29.7 Å². The van der Waals surface area contributed by atoms with Crippen molar-refractivity contribution in [3.05, 3.63) is 0 Å². The molecular formula is C15H26O3. The number of esters is 1. The third-order valence-electron chi connectivity index (χ3n) is 3.92. The van der Waals surface area contributed by atoms with Gasteiger partial charge in [-0.3, -0.25) is 9.59 Å². The molecule has 0 heterocycles. The Balaban J connectivity index is 2.67. The lowest BCUT2D eigenvalue weighted by Crippen LogP contribution is -2.39. The summed E-state index contributed by atoms with van der Waals surface area (Å²) in [6.45, 7) is 10.2. The monoisotopic (exact) mass is 254 g/mol. The summed E-state index contributed by atoms with van der Waals surface area (Å²) in [6, 6.07) is 0. The highest BCUT2D eigenvalue weighted by molar-refractivity contribution is 5.94. The molecular weight excluding hydrogens is 228 g/mol. The molecule has 0 aliphatic heterocycles. The zero-order valence-electron chi connectivity index (χ0n) is 12.3. The van der Waals surface area contributed by atoms with Crippen LogP contribution in [0, 0.1) is 17.3 Å². The Morgan fingerprint density at radius 3 is 2.44 bits per heavy atom. The summed E-state index contributed by atoms with van der Waals surface area (Å²) in [5, 5.41) is 0. The van der Waals surface area contributed by atoms with Crippen LogP contribution >= 0.6 is 0 Å². The average molecular weight is 254 g/mol. The standard InChI is InChI=1S/C15H26O3/c1-10(2)12-6-7-15(4,5)9-13(12)18-14(17)8-11(3)16/h10,12-13H,6-9H2,1-5H3. The van der Waals surface area contributed by atoms with E-state index < -0.39 is 0 Å². The van der Waals surface area contributed by atoms with Gasteiger partial charge in [-0.1, -0.05) is 27.7 Å². The number of ether oxygens (including phenoxy) is 1. The van der Waals surface area contributed by atoms with E-state index in [0.29, 0.717) is 11.8 Å². The van der Waals surface area contributed by atoms with Gasteiger partial charge in [0.25, 0.3) is 0 Å². The minimum absolute atomic E-state index is 0.0272. The van der Waals surface area contributed by atoms with Crippen LogP contribution in [-0.4, -0.2) is 17.9 Å². The predicted molar refractivity (Wildman–Crippen MR) is 71.1 cm³/mol. The van der Waals surface area contributed by atoms with Crippen molar-refractivity contribution in [2.45, 2.75) is 66.4 Å². The van der Waals surface area contributed by atoms with E-state index in [1.54, 1.807) is 0 Å². The lowest BCUT2D eigenvalue weighted by Gasteiger charge is -2.41. The third-order valence-corrected chi connectivity index (χ3v) is 3.92. The highest BCUT2D eigenvalue weighted by atomic mass is 16.5. The Morgan fingerprint density at radius 2 is 1.94 bits per heavy atom. The van der Waals surface area contributed by atoms with Crippen molar-refractivity contribution in [3.8, 4) is 0 Å². The quantitative estimate of drug-likeness (QED) is 0.570. The molecule has 0 aromatic heterocycles. The van der Waals surface area contributed by atoms with Crippen LogP contribution in [0.4, 0.5) is 0 Å². The normalized spacial score (nSPS) is 27.0. The molecule has 1 aliphatic carbocycles. The maximum atomic E-state index is 11.7. The maximum Gasteiger partial charge on any atom is 0.313 e. The van der Waals surface area contributed by atoms with Crippen LogP contribution in [0.15, 0.2) is 0 Å². The molecule has 3 nitrogen and oxygen atoms in total. The van der Waals surface area contributed by atoms with E-state index in [4.69, 9.17) is 4.74 Å². The molecule has 0 saturated heterocycles. The van der Waals surface area contributed by atoms with Crippen molar-refractivity contribution >= 4 is 11.8 Å². The molecule has 0 radical (unpaired) electrons. The first kappa shape index (κ1) is 15.2. The molecule has 1 aliphatic rings. The lowest BCUT2D eigenvalue weighted by molar-refractivity contribution is -0.158. The van der Waals surface area contributed by atoms with Crippen LogP contribution in [0.1, 0.15) is 60.3 Å². The second kappa shape index (κ2) is 5.85. The van der Waals surface area contributed by atoms with Gasteiger partial charge in [-0.25, -0.2) is 0 Å². The van der Waals surface area contributed by atoms with Gasteiger partial charge in [-0.15, -0.1) is 0 Å². The summed E-state index contributed by atoms with van der Waals surface area (Å²) in [7, 11) is 0. The summed E-state index contributed by atoms with van der Waals surface area (Å²) in [5.74, 6) is 0.442. The smallest absolute Gasteiger partial charge is 0.313 e. The minimum Gasteiger partial charge on any atom is -0.462 e. The molecule has 2 unspecified atom stereocenters. The second-order valence-electron chi connectivity index (χ2n) is 6.72. The zero-order valence-corrected chi connectivity index (χ0v) is 12.3. The molecule has 3 heteroatoms. The van der Waals surface area contributed by atoms with Gasteiger partial charge < -0.3 is 4.74 Å². The topological polar surface area (TPSA) is 43.4 Å². The van der Waals surface area contributed by atoms with E-state index in [1.165, 1.54) is 13.3 Å². The van der Waals surface area contributed by atoms with Crippen LogP contribution in [0.25, 0.3) is 0 Å². The SMILES string of the molecule is CC(=O)CC(=O)OC1CC(C)(C)CCC1C(C)C. The molecule has 1 fully saturated rings. The van der Waals surface area contributed by atoms with Crippen LogP contribution in [0.2, 0.25) is 0 Å². The molecule has 1 rings (SSSR count). The summed E-state index contributed by atoms with van der Waals surface area (Å²) < 4.78 is 5.55. The van der Waals surface area contributed by atoms with Gasteiger partial charge in [-0.05, 0) is 43.4 Å². The molecule has 104 valence electrons. The molecule has 18 heavy (non-hydrogen) atoms. The summed E-state index contributed by atoms with van der Waals surface area (Å²) in [4.78, 5) is 22.6. The Labute approximate surface area is 110 Å². The molecule has 1 saturated carbocycles. The maximum absolute atomic E-state index is 11.7. The van der Waals surface area contributed by atoms with Crippen molar-refractivity contribution < 1.29 is 14.3 Å². The second-order valence-corrected chi connectivity index (χ2v) is 6.72. The fraction of sp³-hybridized carbons (Fsp3) is 0.867. The Kier molecular flexibility index (Phi) is 4.94. The molecule has 0 amide bonds. The van der Waals surface area contributed by atoms with Gasteiger partial charge in [0, 0.05) is 0 Å². The van der Waals surface area contributed by atoms with Crippen molar-refractivity contribution in [2.75, 3.05) is 0 Å². The average Bonchev–Trinajstić information content (AvgIpc) is 2.13. The van der Waals surface area contributed by atoms with E-state index in [9.17, 15) is 9.59 Å². The van der Waals surface area contributed by atoms with Gasteiger partial charge in [0.15, 0.2) is 0 Å². The molecule has 2 atom stereocenters. The highest BCUT2D eigenvalue weighted by Crippen LogP contribution is 2.42. The number of carbonyl (C=O) groups excluding carboxylic acids is 2. The van der Waals surface area contributed by atoms with Crippen LogP contribution < -0.4 is 0 Å². The Morgan fingerprint density at radius 1 is 1.33 bits per heavy atom. The Bertz CT molecular complexity index is 318. The van der Waals surface area contributed by atoms with Crippen LogP contribution in [-0.2, 0) is 14.3 Å². The van der Waals surface area contributed by atoms with Crippen molar-refractivity contribution in [2.24, 2.45) is 17.3 Å². The number of ketones is 1. The minimum atomic E-state index is -0.365. The fourth-order valence-electron chi connectivity index (χ4n) is 2.85. The zero-order chi connectivity index (χ0) is 13.9. The summed E-state index contributed by atoms with van der Waals surface area (Å²) >= 11 is 0. The van der Waals surface area contributed by atoms with Crippen LogP contribution in [0.3, 0.4) is 0 Å². The number of hydrogen-bond acceptors (Lipinski definition) is 3. The number of Topliss-reactive ketones (excluding diaryl/α,β-unsaturated/α-hetero) is 1. The molecule has 0 bridgehead atoms. The van der Waals surface area contributed by atoms with E-state index in [1.807, 2.05) is 0 Å². The number of rotatable bonds is 4. The van der Waals surface area contributed by atoms with Gasteiger partial charge in [0.05, 0.1) is 0 Å². The molecule has 0 aromatic carbocycles. The van der Waals surface area contributed by atoms with Crippen molar-refractivity contribution in [1.82, 2.24) is 0 Å². The van der Waals surface area contributed by atoms with E-state index in [0.717, 1.165) is 12.8 Å². The van der Waals surface area contributed by atoms with Crippen LogP contribution in [0.5, 0.6) is 0 Å². The van der Waals surface area contributed by atoms with Crippen molar-refractivity contribution in [3.63, 3.8) is 0 Å². The number of carbonyl (C=O) groups is 2. The highest BCUT2D eigenvalue weighted by Gasteiger charge is 2.38. The van der Waals surface area contributed by atoms with E-state index >= 15 is 0 Å². The van der Waals surface area contributed by atoms with E-state index in [2.05, 4.69) is 27.7 Å². The van der Waals surface area contributed by atoms with Gasteiger partial charge in [-0.2, -0.15) is 0 Å². The largest absolute Gasteiger partial charge is 0.462 e. The van der Waals surface area contributed by atoms with Gasteiger partial charge in [0.2, 0.25) is 0 Å². The van der Waals surface area contributed by atoms with Gasteiger partial charge in [0.1, 0.15) is 18.3 Å². The Hall–Kier alpha value is -0.860. The first-order valence-electron chi connectivity index (χ1n) is 6.90. The number of hydrogen-bond donors (Lipinski definition) is 0. The predicted octanol–water partition coefficient (Wildman–Crippen LogP) is 3.36. The summed E-state index contributed by atoms with van der Waals surface area (Å²) in [5.41, 5.74) is 0.229. The molecule has 0 aromatic rings. The van der Waals surface area contributed by atoms with Crippen molar-refractivity contribution in [1.29, 1.82) is 0 Å². The lowest BCUT2D eigenvalue weighted by atomic mass is 9.68. The van der Waals surface area contributed by atoms with Gasteiger partial charge >= 0.3 is 5.97 Å². The first-order chi connectivity index (χ1) is 8.21. The first-order valence-corrected chi connectivity index (χ1v) is 6.90. The molecule has 0 N–H and O–H groups in total. The third kappa shape index (κ3) is 4.43. The summed E-state index contributed by atoms with van der Waals surface area (Å²) in [6.07, 6.45) is 3.06.